The van der Waals surface area contributed by atoms with Gasteiger partial charge in [0.05, 0.1) is 6.42 Å². The average Bonchev–Trinajstić information content (AvgIpc) is 2.64. The Morgan fingerprint density at radius 2 is 1.68 bits per heavy atom. The van der Waals surface area contributed by atoms with Gasteiger partial charge in [-0.25, -0.2) is 0 Å². The molecule has 0 heterocycles. The van der Waals surface area contributed by atoms with E-state index in [0.29, 0.717) is 19.5 Å². The van der Waals surface area contributed by atoms with Gasteiger partial charge in [0.2, 0.25) is 11.8 Å². The lowest BCUT2D eigenvalue weighted by Crippen LogP contribution is -2.48. The van der Waals surface area contributed by atoms with Gasteiger partial charge in [-0.2, -0.15) is 0 Å². The molecule has 2 rings (SSSR count). The molecule has 0 aliphatic heterocycles. The lowest BCUT2D eigenvalue weighted by molar-refractivity contribution is -0.140. The summed E-state index contributed by atoms with van der Waals surface area (Å²) in [6.07, 6.45) is 1.16. The molecule has 0 spiro atoms. The van der Waals surface area contributed by atoms with Crippen molar-refractivity contribution in [2.45, 2.75) is 60.0 Å². The lowest BCUT2D eigenvalue weighted by atomic mass is 10.0. The molecule has 4 nitrogen and oxygen atoms in total. The first-order chi connectivity index (χ1) is 13.3. The summed E-state index contributed by atoms with van der Waals surface area (Å²) < 4.78 is 0. The van der Waals surface area contributed by atoms with Crippen LogP contribution in [0.4, 0.5) is 0 Å². The highest BCUT2D eigenvalue weighted by atomic mass is 16.2. The summed E-state index contributed by atoms with van der Waals surface area (Å²) in [5.74, 6) is -0.142. The zero-order valence-corrected chi connectivity index (χ0v) is 17.7. The molecule has 0 saturated heterocycles. The SMILES string of the molecule is CCCNC(=O)C(C)N(Cc1ccccc1C)C(=O)Cc1cc(C)cc(C)c1. The first kappa shape index (κ1) is 21.7. The van der Waals surface area contributed by atoms with Crippen molar-refractivity contribution >= 4 is 11.8 Å². The van der Waals surface area contributed by atoms with Crippen molar-refractivity contribution in [2.75, 3.05) is 6.54 Å². The molecule has 0 aliphatic carbocycles. The number of hydrogen-bond acceptors (Lipinski definition) is 2. The van der Waals surface area contributed by atoms with E-state index in [-0.39, 0.29) is 11.8 Å². The van der Waals surface area contributed by atoms with Gasteiger partial charge in [0.25, 0.3) is 0 Å². The van der Waals surface area contributed by atoms with Gasteiger partial charge in [-0.15, -0.1) is 0 Å². The van der Waals surface area contributed by atoms with Gasteiger partial charge < -0.3 is 10.2 Å². The number of hydrogen-bond donors (Lipinski definition) is 1. The van der Waals surface area contributed by atoms with Crippen molar-refractivity contribution < 1.29 is 9.59 Å². The van der Waals surface area contributed by atoms with Gasteiger partial charge in [-0.05, 0) is 50.8 Å². The predicted octanol–water partition coefficient (Wildman–Crippen LogP) is 4.10. The monoisotopic (exact) mass is 380 g/mol. The van der Waals surface area contributed by atoms with Crippen LogP contribution in [-0.4, -0.2) is 29.3 Å². The maximum atomic E-state index is 13.2. The number of benzene rings is 2. The van der Waals surface area contributed by atoms with Crippen LogP contribution in [0.25, 0.3) is 0 Å². The summed E-state index contributed by atoms with van der Waals surface area (Å²) >= 11 is 0. The van der Waals surface area contributed by atoms with Crippen LogP contribution in [0, 0.1) is 20.8 Å². The van der Waals surface area contributed by atoms with Crippen LogP contribution in [0.3, 0.4) is 0 Å². The number of carbonyl (C=O) groups is 2. The van der Waals surface area contributed by atoms with E-state index in [1.54, 1.807) is 4.90 Å². The molecule has 0 radical (unpaired) electrons. The molecule has 28 heavy (non-hydrogen) atoms. The van der Waals surface area contributed by atoms with E-state index < -0.39 is 6.04 Å². The number of nitrogens with one attached hydrogen (secondary N) is 1. The molecule has 0 fully saturated rings. The van der Waals surface area contributed by atoms with Crippen molar-refractivity contribution in [1.29, 1.82) is 0 Å². The smallest absolute Gasteiger partial charge is 0.242 e. The van der Waals surface area contributed by atoms with Gasteiger partial charge in [-0.3, -0.25) is 9.59 Å². The first-order valence-corrected chi connectivity index (χ1v) is 10.0. The minimum absolute atomic E-state index is 0.0348. The molecule has 0 aromatic heterocycles. The second-order valence-corrected chi connectivity index (χ2v) is 7.59. The highest BCUT2D eigenvalue weighted by Crippen LogP contribution is 2.16. The topological polar surface area (TPSA) is 49.4 Å². The molecule has 0 aliphatic rings. The molecule has 2 aromatic rings. The third-order valence-electron chi connectivity index (χ3n) is 4.96. The first-order valence-electron chi connectivity index (χ1n) is 10.0. The Morgan fingerprint density at radius 1 is 1.04 bits per heavy atom. The molecular formula is C24H32N2O2. The summed E-state index contributed by atoms with van der Waals surface area (Å²) in [5.41, 5.74) is 5.45. The van der Waals surface area contributed by atoms with Crippen LogP contribution < -0.4 is 5.32 Å². The summed E-state index contributed by atoms with van der Waals surface area (Å²) in [5, 5.41) is 2.92. The maximum absolute atomic E-state index is 13.2. The summed E-state index contributed by atoms with van der Waals surface area (Å²) in [7, 11) is 0. The molecule has 4 heteroatoms. The van der Waals surface area contributed by atoms with Crippen LogP contribution in [0.2, 0.25) is 0 Å². The molecule has 150 valence electrons. The fraction of sp³-hybridized carbons (Fsp3) is 0.417. The summed E-state index contributed by atoms with van der Waals surface area (Å²) in [6, 6.07) is 13.7. The number of amides is 2. The molecule has 1 N–H and O–H groups in total. The molecule has 1 atom stereocenters. The molecular weight excluding hydrogens is 348 g/mol. The molecule has 0 bridgehead atoms. The molecule has 0 saturated carbocycles. The number of rotatable bonds is 8. The van der Waals surface area contributed by atoms with Crippen molar-refractivity contribution in [3.8, 4) is 0 Å². The van der Waals surface area contributed by atoms with Crippen molar-refractivity contribution in [3.63, 3.8) is 0 Å². The van der Waals surface area contributed by atoms with E-state index in [2.05, 4.69) is 11.4 Å². The zero-order chi connectivity index (χ0) is 20.7. The van der Waals surface area contributed by atoms with Gasteiger partial charge in [-0.1, -0.05) is 60.5 Å². The van der Waals surface area contributed by atoms with Crippen LogP contribution in [-0.2, 0) is 22.6 Å². The van der Waals surface area contributed by atoms with E-state index in [4.69, 9.17) is 0 Å². The van der Waals surface area contributed by atoms with Gasteiger partial charge in [0.15, 0.2) is 0 Å². The quantitative estimate of drug-likeness (QED) is 0.750. The van der Waals surface area contributed by atoms with E-state index in [1.807, 2.05) is 71.0 Å². The van der Waals surface area contributed by atoms with E-state index in [9.17, 15) is 9.59 Å². The Bertz CT molecular complexity index is 809. The zero-order valence-electron chi connectivity index (χ0n) is 17.7. The second-order valence-electron chi connectivity index (χ2n) is 7.59. The average molecular weight is 381 g/mol. The third kappa shape index (κ3) is 5.95. The number of aryl methyl sites for hydroxylation is 3. The lowest BCUT2D eigenvalue weighted by Gasteiger charge is -2.29. The fourth-order valence-corrected chi connectivity index (χ4v) is 3.40. The largest absolute Gasteiger partial charge is 0.354 e. The Kier molecular flexibility index (Phi) is 7.80. The van der Waals surface area contributed by atoms with Crippen molar-refractivity contribution in [3.05, 3.63) is 70.3 Å². The van der Waals surface area contributed by atoms with E-state index in [1.165, 1.54) is 0 Å². The number of carbonyl (C=O) groups excluding carboxylic acids is 2. The van der Waals surface area contributed by atoms with Gasteiger partial charge in [0.1, 0.15) is 6.04 Å². The Morgan fingerprint density at radius 3 is 2.29 bits per heavy atom. The summed E-state index contributed by atoms with van der Waals surface area (Å²) in [6.45, 7) is 11.0. The standard InChI is InChI=1S/C24H32N2O2/c1-6-11-25-24(28)20(5)26(16-22-10-8-7-9-19(22)4)23(27)15-21-13-17(2)12-18(3)14-21/h7-10,12-14,20H,6,11,15-16H2,1-5H3,(H,25,28). The second kappa shape index (κ2) is 10.1. The molecule has 1 unspecified atom stereocenters. The Hall–Kier alpha value is -2.62. The highest BCUT2D eigenvalue weighted by Gasteiger charge is 2.26. The van der Waals surface area contributed by atoms with Crippen LogP contribution >= 0.6 is 0 Å². The minimum atomic E-state index is -0.524. The minimum Gasteiger partial charge on any atom is -0.354 e. The van der Waals surface area contributed by atoms with Crippen LogP contribution in [0.15, 0.2) is 42.5 Å². The van der Waals surface area contributed by atoms with E-state index >= 15 is 0 Å². The maximum Gasteiger partial charge on any atom is 0.242 e. The number of nitrogens with zero attached hydrogens (tertiary/aromatic N) is 1. The molecule has 2 aromatic carbocycles. The van der Waals surface area contributed by atoms with E-state index in [0.717, 1.165) is 34.2 Å². The predicted molar refractivity (Wildman–Crippen MR) is 114 cm³/mol. The van der Waals surface area contributed by atoms with Gasteiger partial charge in [0, 0.05) is 13.1 Å². The molecule has 2 amide bonds. The third-order valence-corrected chi connectivity index (χ3v) is 4.96. The van der Waals surface area contributed by atoms with Crippen LogP contribution in [0.5, 0.6) is 0 Å². The highest BCUT2D eigenvalue weighted by molar-refractivity contribution is 5.88. The van der Waals surface area contributed by atoms with Gasteiger partial charge >= 0.3 is 0 Å². The Balaban J connectivity index is 2.26. The van der Waals surface area contributed by atoms with Crippen molar-refractivity contribution in [2.24, 2.45) is 0 Å². The Labute approximate surface area is 169 Å². The van der Waals surface area contributed by atoms with Crippen molar-refractivity contribution in [1.82, 2.24) is 10.2 Å². The normalized spacial score (nSPS) is 11.8. The summed E-state index contributed by atoms with van der Waals surface area (Å²) in [4.78, 5) is 27.5. The fourth-order valence-electron chi connectivity index (χ4n) is 3.40. The van der Waals surface area contributed by atoms with Crippen LogP contribution in [0.1, 0.15) is 48.1 Å².